The van der Waals surface area contributed by atoms with Gasteiger partial charge >= 0.3 is 11.9 Å². The molecule has 0 amide bonds. The van der Waals surface area contributed by atoms with Crippen molar-refractivity contribution in [2.75, 3.05) is 0 Å². The SMILES string of the molecule is C=C(C)C(=O)OC1C(C)CCC1C.C=CC(=O)OC(CC)C1CCCC1C. The van der Waals surface area contributed by atoms with Gasteiger partial charge in [0.2, 0.25) is 0 Å². The van der Waals surface area contributed by atoms with Gasteiger partial charge in [-0.15, -0.1) is 0 Å². The molecule has 27 heavy (non-hydrogen) atoms. The van der Waals surface area contributed by atoms with Crippen LogP contribution in [0.2, 0.25) is 0 Å². The van der Waals surface area contributed by atoms with E-state index in [2.05, 4.69) is 40.9 Å². The first-order valence-corrected chi connectivity index (χ1v) is 10.4. The van der Waals surface area contributed by atoms with Crippen molar-refractivity contribution < 1.29 is 19.1 Å². The number of rotatable bonds is 6. The summed E-state index contributed by atoms with van der Waals surface area (Å²) in [6.07, 6.45) is 8.43. The summed E-state index contributed by atoms with van der Waals surface area (Å²) in [5.41, 5.74) is 0.492. The fourth-order valence-corrected chi connectivity index (χ4v) is 4.27. The van der Waals surface area contributed by atoms with Crippen LogP contribution in [0.4, 0.5) is 0 Å². The van der Waals surface area contributed by atoms with E-state index in [1.165, 1.54) is 25.3 Å². The van der Waals surface area contributed by atoms with Gasteiger partial charge in [0, 0.05) is 11.6 Å². The Morgan fingerprint density at radius 3 is 2.07 bits per heavy atom. The zero-order valence-electron chi connectivity index (χ0n) is 17.8. The average Bonchev–Trinajstić information content (AvgIpc) is 3.20. The van der Waals surface area contributed by atoms with E-state index in [4.69, 9.17) is 9.47 Å². The van der Waals surface area contributed by atoms with Crippen LogP contribution in [-0.2, 0) is 19.1 Å². The lowest BCUT2D eigenvalue weighted by Gasteiger charge is -2.25. The van der Waals surface area contributed by atoms with Crippen molar-refractivity contribution in [1.29, 1.82) is 0 Å². The topological polar surface area (TPSA) is 52.6 Å². The summed E-state index contributed by atoms with van der Waals surface area (Å²) in [6, 6.07) is 0. The van der Waals surface area contributed by atoms with Crippen LogP contribution in [0.25, 0.3) is 0 Å². The Balaban J connectivity index is 0.000000271. The molecule has 0 aliphatic heterocycles. The van der Waals surface area contributed by atoms with Crippen LogP contribution in [0.1, 0.15) is 73.1 Å². The molecule has 2 saturated carbocycles. The van der Waals surface area contributed by atoms with E-state index in [0.717, 1.165) is 19.3 Å². The number of carbonyl (C=O) groups is 2. The molecule has 5 atom stereocenters. The number of esters is 2. The Labute approximate surface area is 165 Å². The van der Waals surface area contributed by atoms with Gasteiger partial charge in [0.25, 0.3) is 0 Å². The maximum Gasteiger partial charge on any atom is 0.333 e. The summed E-state index contributed by atoms with van der Waals surface area (Å²) in [5.74, 6) is 1.72. The van der Waals surface area contributed by atoms with E-state index in [9.17, 15) is 9.59 Å². The summed E-state index contributed by atoms with van der Waals surface area (Å²) >= 11 is 0. The molecule has 5 unspecified atom stereocenters. The fraction of sp³-hybridized carbons (Fsp3) is 0.739. The highest BCUT2D eigenvalue weighted by Gasteiger charge is 2.33. The van der Waals surface area contributed by atoms with E-state index in [1.807, 2.05) is 0 Å². The Kier molecular flexibility index (Phi) is 9.82. The van der Waals surface area contributed by atoms with Gasteiger partial charge in [-0.2, -0.15) is 0 Å². The van der Waals surface area contributed by atoms with E-state index < -0.39 is 0 Å². The monoisotopic (exact) mass is 378 g/mol. The van der Waals surface area contributed by atoms with Crippen LogP contribution >= 0.6 is 0 Å². The molecule has 0 saturated heterocycles. The van der Waals surface area contributed by atoms with Crippen LogP contribution in [0, 0.1) is 23.7 Å². The first kappa shape index (κ1) is 23.5. The molecule has 4 heteroatoms. The lowest BCUT2D eigenvalue weighted by molar-refractivity contribution is -0.148. The lowest BCUT2D eigenvalue weighted by atomic mass is 9.91. The molecule has 0 aromatic carbocycles. The molecule has 0 heterocycles. The number of hydrogen-bond acceptors (Lipinski definition) is 4. The molecule has 4 nitrogen and oxygen atoms in total. The molecule has 0 spiro atoms. The molecule has 2 rings (SSSR count). The minimum absolute atomic E-state index is 0.0954. The van der Waals surface area contributed by atoms with Crippen molar-refractivity contribution in [1.82, 2.24) is 0 Å². The summed E-state index contributed by atoms with van der Waals surface area (Å²) in [6.45, 7) is 17.3. The zero-order valence-corrected chi connectivity index (χ0v) is 17.8. The summed E-state index contributed by atoms with van der Waals surface area (Å²) in [5, 5.41) is 0. The third kappa shape index (κ3) is 7.15. The van der Waals surface area contributed by atoms with Crippen molar-refractivity contribution in [2.24, 2.45) is 23.7 Å². The minimum atomic E-state index is -0.282. The quantitative estimate of drug-likeness (QED) is 0.454. The van der Waals surface area contributed by atoms with Crippen molar-refractivity contribution in [3.8, 4) is 0 Å². The van der Waals surface area contributed by atoms with E-state index in [1.54, 1.807) is 6.92 Å². The van der Waals surface area contributed by atoms with E-state index in [-0.39, 0.29) is 24.1 Å². The van der Waals surface area contributed by atoms with Crippen LogP contribution in [-0.4, -0.2) is 24.1 Å². The number of hydrogen-bond donors (Lipinski definition) is 0. The zero-order chi connectivity index (χ0) is 20.6. The molecule has 2 aliphatic carbocycles. The van der Waals surface area contributed by atoms with Gasteiger partial charge in [-0.3, -0.25) is 0 Å². The standard InChI is InChI=1S/C12H20O2.C11H18O2/c1-4-11(14-12(13)5-2)10-8-6-7-9(10)3;1-7(2)11(12)13-10-8(3)5-6-9(10)4/h5,9-11H,2,4,6-8H2,1,3H3;8-10H,1,5-6H2,2-4H3. The third-order valence-corrected chi connectivity index (χ3v) is 6.03. The second-order valence-corrected chi connectivity index (χ2v) is 8.34. The van der Waals surface area contributed by atoms with Crippen LogP contribution in [0.15, 0.2) is 24.8 Å². The highest BCUT2D eigenvalue weighted by molar-refractivity contribution is 5.87. The van der Waals surface area contributed by atoms with Gasteiger partial charge in [-0.1, -0.05) is 53.7 Å². The molecule has 0 bridgehead atoms. The predicted octanol–water partition coefficient (Wildman–Crippen LogP) is 5.47. The van der Waals surface area contributed by atoms with Gasteiger partial charge < -0.3 is 9.47 Å². The third-order valence-electron chi connectivity index (χ3n) is 6.03. The average molecular weight is 379 g/mol. The second kappa shape index (κ2) is 11.3. The first-order chi connectivity index (χ1) is 12.7. The van der Waals surface area contributed by atoms with Gasteiger partial charge in [-0.05, 0) is 56.3 Å². The van der Waals surface area contributed by atoms with Crippen molar-refractivity contribution in [3.63, 3.8) is 0 Å². The molecule has 2 fully saturated rings. The second-order valence-electron chi connectivity index (χ2n) is 8.34. The Morgan fingerprint density at radius 2 is 1.67 bits per heavy atom. The van der Waals surface area contributed by atoms with Crippen molar-refractivity contribution in [2.45, 2.75) is 85.4 Å². The Hall–Kier alpha value is -1.58. The largest absolute Gasteiger partial charge is 0.459 e. The maximum absolute atomic E-state index is 11.3. The van der Waals surface area contributed by atoms with Gasteiger partial charge in [0.05, 0.1) is 0 Å². The normalized spacial score (nSPS) is 30.6. The lowest BCUT2D eigenvalue weighted by Crippen LogP contribution is -2.27. The molecule has 2 aliphatic rings. The predicted molar refractivity (Wildman–Crippen MR) is 109 cm³/mol. The van der Waals surface area contributed by atoms with Crippen molar-refractivity contribution in [3.05, 3.63) is 24.8 Å². The van der Waals surface area contributed by atoms with Gasteiger partial charge in [0.1, 0.15) is 12.2 Å². The highest BCUT2D eigenvalue weighted by atomic mass is 16.5. The molecular formula is C23H38O4. The molecule has 0 radical (unpaired) electrons. The van der Waals surface area contributed by atoms with E-state index in [0.29, 0.717) is 29.2 Å². The van der Waals surface area contributed by atoms with Crippen LogP contribution in [0.5, 0.6) is 0 Å². The Morgan fingerprint density at radius 1 is 1.07 bits per heavy atom. The summed E-state index contributed by atoms with van der Waals surface area (Å²) < 4.78 is 10.7. The molecule has 0 aromatic heterocycles. The number of ether oxygens (including phenoxy) is 2. The van der Waals surface area contributed by atoms with Gasteiger partial charge in [-0.25, -0.2) is 9.59 Å². The van der Waals surface area contributed by atoms with Crippen LogP contribution in [0.3, 0.4) is 0 Å². The Bertz CT molecular complexity index is 514. The highest BCUT2D eigenvalue weighted by Crippen LogP contribution is 2.36. The smallest absolute Gasteiger partial charge is 0.333 e. The first-order valence-electron chi connectivity index (χ1n) is 10.4. The molecule has 154 valence electrons. The molecular weight excluding hydrogens is 340 g/mol. The summed E-state index contributed by atoms with van der Waals surface area (Å²) in [4.78, 5) is 22.4. The fourth-order valence-electron chi connectivity index (χ4n) is 4.27. The number of carbonyl (C=O) groups excluding carboxylic acids is 2. The van der Waals surface area contributed by atoms with Crippen LogP contribution < -0.4 is 0 Å². The minimum Gasteiger partial charge on any atom is -0.459 e. The van der Waals surface area contributed by atoms with Crippen molar-refractivity contribution >= 4 is 11.9 Å². The summed E-state index contributed by atoms with van der Waals surface area (Å²) in [7, 11) is 0. The molecule has 0 aromatic rings. The van der Waals surface area contributed by atoms with Gasteiger partial charge in [0.15, 0.2) is 0 Å². The van der Waals surface area contributed by atoms with E-state index >= 15 is 0 Å². The molecule has 0 N–H and O–H groups in total. The maximum atomic E-state index is 11.3.